The minimum atomic E-state index is -1.35. The monoisotopic (exact) mass is 566 g/mol. The Morgan fingerprint density at radius 3 is 2.41 bits per heavy atom. The zero-order valence-electron chi connectivity index (χ0n) is 22.8. The number of halogens is 2. The molecule has 0 spiro atoms. The largest absolute Gasteiger partial charge is 0.477 e. The molecule has 1 saturated carbocycles. The van der Waals surface area contributed by atoms with Crippen LogP contribution in [0.5, 0.6) is 0 Å². The molecule has 12 heteroatoms. The number of hydrogen-bond donors (Lipinski definition) is 2. The van der Waals surface area contributed by atoms with Crippen LogP contribution in [-0.2, 0) is 9.53 Å². The molecule has 2 aromatic rings. The number of aryl methyl sites for hydroxylation is 1. The number of ether oxygens (including phenoxy) is 1. The molecule has 2 atom stereocenters. The minimum absolute atomic E-state index is 0. The molecule has 1 aliphatic heterocycles. The van der Waals surface area contributed by atoms with E-state index >= 15 is 4.39 Å². The number of anilines is 1. The Labute approximate surface area is 232 Å². The average Bonchev–Trinajstić information content (AvgIpc) is 3.64. The SMILES string of the molecule is Cc1c(N2CCC[C@@H](N(C(=O)OC(C)(C)C)C(=O)[C@H](C)N)C2)c(F)cn2c(=O)c(C(=O)O)cc(C3CC3)c12.Cl. The van der Waals surface area contributed by atoms with Gasteiger partial charge in [-0.1, -0.05) is 0 Å². The summed E-state index contributed by atoms with van der Waals surface area (Å²) in [5.74, 6) is -2.52. The van der Waals surface area contributed by atoms with Gasteiger partial charge in [0.25, 0.3) is 5.56 Å². The number of amides is 2. The Kier molecular flexibility index (Phi) is 8.66. The highest BCUT2D eigenvalue weighted by Gasteiger charge is 2.38. The molecule has 0 unspecified atom stereocenters. The number of carbonyl (C=O) groups is 3. The number of fused-ring (bicyclic) bond motifs is 1. The summed E-state index contributed by atoms with van der Waals surface area (Å²) in [6, 6.07) is -0.128. The van der Waals surface area contributed by atoms with E-state index in [0.29, 0.717) is 36.0 Å². The van der Waals surface area contributed by atoms with Crippen LogP contribution in [0.2, 0.25) is 0 Å². The van der Waals surface area contributed by atoms with E-state index in [4.69, 9.17) is 10.5 Å². The lowest BCUT2D eigenvalue weighted by Crippen LogP contribution is -2.57. The van der Waals surface area contributed by atoms with E-state index < -0.39 is 52.6 Å². The number of aromatic carboxylic acids is 1. The van der Waals surface area contributed by atoms with Gasteiger partial charge in [0.1, 0.15) is 11.2 Å². The highest BCUT2D eigenvalue weighted by atomic mass is 35.5. The fraction of sp³-hybridized carbons (Fsp3) is 0.556. The quantitative estimate of drug-likeness (QED) is 0.557. The lowest BCUT2D eigenvalue weighted by Gasteiger charge is -2.40. The van der Waals surface area contributed by atoms with Crippen LogP contribution in [0.25, 0.3) is 5.52 Å². The Balaban J connectivity index is 0.00000420. The van der Waals surface area contributed by atoms with E-state index in [1.165, 1.54) is 13.0 Å². The van der Waals surface area contributed by atoms with Gasteiger partial charge in [-0.2, -0.15) is 0 Å². The van der Waals surface area contributed by atoms with Crippen molar-refractivity contribution in [2.24, 2.45) is 5.73 Å². The molecule has 0 aromatic carbocycles. The molecule has 39 heavy (non-hydrogen) atoms. The molecular weight excluding hydrogens is 531 g/mol. The first kappa shape index (κ1) is 30.4. The van der Waals surface area contributed by atoms with Gasteiger partial charge in [0.15, 0.2) is 5.82 Å². The zero-order chi connectivity index (χ0) is 28.1. The zero-order valence-corrected chi connectivity index (χ0v) is 23.6. The summed E-state index contributed by atoms with van der Waals surface area (Å²) >= 11 is 0. The van der Waals surface area contributed by atoms with Gasteiger partial charge in [0, 0.05) is 13.1 Å². The van der Waals surface area contributed by atoms with Gasteiger partial charge in [-0.05, 0) is 83.4 Å². The van der Waals surface area contributed by atoms with Crippen LogP contribution in [0.3, 0.4) is 0 Å². The number of pyridine rings is 2. The number of carbonyl (C=O) groups excluding carboxylic acids is 2. The van der Waals surface area contributed by atoms with Crippen LogP contribution in [0.15, 0.2) is 17.1 Å². The first-order valence-electron chi connectivity index (χ1n) is 12.9. The first-order chi connectivity index (χ1) is 17.7. The molecule has 2 amide bonds. The Hall–Kier alpha value is -3.18. The fourth-order valence-corrected chi connectivity index (χ4v) is 5.21. The topological polar surface area (TPSA) is 135 Å². The molecule has 2 aliphatic rings. The number of carboxylic acid groups (broad SMARTS) is 1. The number of carboxylic acids is 1. The van der Waals surface area contributed by atoms with Crippen molar-refractivity contribution >= 4 is 41.6 Å². The number of hydrogen-bond acceptors (Lipinski definition) is 7. The van der Waals surface area contributed by atoms with E-state index in [0.717, 1.165) is 28.3 Å². The van der Waals surface area contributed by atoms with Crippen molar-refractivity contribution in [3.05, 3.63) is 45.1 Å². The van der Waals surface area contributed by atoms with E-state index in [9.17, 15) is 24.3 Å². The van der Waals surface area contributed by atoms with Gasteiger partial charge < -0.3 is 20.5 Å². The molecule has 2 fully saturated rings. The number of aromatic nitrogens is 1. The maximum atomic E-state index is 15.7. The molecule has 1 aliphatic carbocycles. The van der Waals surface area contributed by atoms with Gasteiger partial charge in [-0.3, -0.25) is 14.0 Å². The van der Waals surface area contributed by atoms with Crippen LogP contribution in [0.1, 0.15) is 80.8 Å². The van der Waals surface area contributed by atoms with Gasteiger partial charge in [0.2, 0.25) is 5.91 Å². The third kappa shape index (κ3) is 6.04. The van der Waals surface area contributed by atoms with E-state index in [1.807, 2.05) is 0 Å². The van der Waals surface area contributed by atoms with Gasteiger partial charge in [-0.25, -0.2) is 18.9 Å². The normalized spacial score (nSPS) is 18.3. The molecule has 0 bridgehead atoms. The number of rotatable bonds is 5. The molecule has 1 saturated heterocycles. The van der Waals surface area contributed by atoms with Crippen molar-refractivity contribution in [2.45, 2.75) is 83.9 Å². The predicted octanol–water partition coefficient (Wildman–Crippen LogP) is 3.82. The van der Waals surface area contributed by atoms with Gasteiger partial charge in [0.05, 0.1) is 29.5 Å². The summed E-state index contributed by atoms with van der Waals surface area (Å²) in [7, 11) is 0. The van der Waals surface area contributed by atoms with Gasteiger partial charge >= 0.3 is 12.1 Å². The number of imide groups is 1. The molecule has 4 rings (SSSR count). The van der Waals surface area contributed by atoms with E-state index in [1.54, 1.807) is 32.6 Å². The Bertz CT molecular complexity index is 1370. The van der Waals surface area contributed by atoms with Crippen molar-refractivity contribution in [3.63, 3.8) is 0 Å². The summed E-state index contributed by atoms with van der Waals surface area (Å²) < 4.78 is 22.3. The van der Waals surface area contributed by atoms with Crippen LogP contribution in [0, 0.1) is 12.7 Å². The maximum absolute atomic E-state index is 15.7. The number of piperidine rings is 1. The maximum Gasteiger partial charge on any atom is 0.417 e. The minimum Gasteiger partial charge on any atom is -0.477 e. The molecular formula is C27H36ClFN4O6. The molecule has 10 nitrogen and oxygen atoms in total. The third-order valence-electron chi connectivity index (χ3n) is 6.99. The molecule has 2 aromatic heterocycles. The Morgan fingerprint density at radius 2 is 1.87 bits per heavy atom. The summed E-state index contributed by atoms with van der Waals surface area (Å²) in [6.45, 7) is 8.94. The first-order valence-corrected chi connectivity index (χ1v) is 12.9. The molecule has 3 heterocycles. The smallest absolute Gasteiger partial charge is 0.417 e. The summed E-state index contributed by atoms with van der Waals surface area (Å²) in [5, 5.41) is 9.53. The second kappa shape index (κ2) is 11.1. The number of nitrogens with two attached hydrogens (primary N) is 1. The second-order valence-corrected chi connectivity index (χ2v) is 11.3. The van der Waals surface area contributed by atoms with E-state index in [-0.39, 0.29) is 30.6 Å². The third-order valence-corrected chi connectivity index (χ3v) is 6.99. The number of nitrogens with zero attached hydrogens (tertiary/aromatic N) is 3. The summed E-state index contributed by atoms with van der Waals surface area (Å²) in [6.07, 6.45) is 3.02. The lowest BCUT2D eigenvalue weighted by atomic mass is 9.99. The second-order valence-electron chi connectivity index (χ2n) is 11.3. The molecule has 214 valence electrons. The standard InChI is InChI=1S/C27H35FN4O6.ClH/c1-14-21-18(16-8-9-16)11-19(25(35)36)24(34)31(21)13-20(28)22(14)30-10-6-7-17(12-30)32(23(33)15(2)29)26(37)38-27(3,4)5;/h11,13,15-17H,6-10,12,29H2,1-5H3,(H,35,36);1H/t15-,17+;/m0./s1. The van der Waals surface area contributed by atoms with Crippen LogP contribution in [-0.4, -0.2) is 63.2 Å². The van der Waals surface area contributed by atoms with Crippen molar-refractivity contribution in [1.82, 2.24) is 9.30 Å². The average molecular weight is 567 g/mol. The molecule has 3 N–H and O–H groups in total. The van der Waals surface area contributed by atoms with Crippen LogP contribution < -0.4 is 16.2 Å². The Morgan fingerprint density at radius 1 is 1.23 bits per heavy atom. The highest BCUT2D eigenvalue weighted by Crippen LogP contribution is 2.44. The van der Waals surface area contributed by atoms with Crippen molar-refractivity contribution in [2.75, 3.05) is 18.0 Å². The summed E-state index contributed by atoms with van der Waals surface area (Å²) in [5.41, 5.74) is 5.81. The predicted molar refractivity (Wildman–Crippen MR) is 147 cm³/mol. The van der Waals surface area contributed by atoms with Crippen molar-refractivity contribution < 1.29 is 28.6 Å². The van der Waals surface area contributed by atoms with Crippen LogP contribution >= 0.6 is 12.4 Å². The fourth-order valence-electron chi connectivity index (χ4n) is 5.21. The summed E-state index contributed by atoms with van der Waals surface area (Å²) in [4.78, 5) is 53.5. The van der Waals surface area contributed by atoms with E-state index in [2.05, 4.69) is 0 Å². The van der Waals surface area contributed by atoms with Crippen molar-refractivity contribution in [3.8, 4) is 0 Å². The molecule has 0 radical (unpaired) electrons. The highest BCUT2D eigenvalue weighted by molar-refractivity contribution is 5.95. The van der Waals surface area contributed by atoms with Crippen LogP contribution in [0.4, 0.5) is 14.9 Å². The van der Waals surface area contributed by atoms with Crippen molar-refractivity contribution in [1.29, 1.82) is 0 Å². The lowest BCUT2D eigenvalue weighted by molar-refractivity contribution is -0.133. The van der Waals surface area contributed by atoms with Gasteiger partial charge in [-0.15, -0.1) is 12.4 Å².